The second kappa shape index (κ2) is 9.27. The number of halogens is 3. The highest BCUT2D eigenvalue weighted by atomic mass is 19.4. The second-order valence-corrected chi connectivity index (χ2v) is 8.60. The number of hydrogen-bond donors (Lipinski definition) is 2. The van der Waals surface area contributed by atoms with Gasteiger partial charge in [0.05, 0.1) is 24.6 Å². The summed E-state index contributed by atoms with van der Waals surface area (Å²) in [5.74, 6) is 0.0498. The van der Waals surface area contributed by atoms with E-state index in [1.807, 2.05) is 37.3 Å². The van der Waals surface area contributed by atoms with Gasteiger partial charge in [-0.1, -0.05) is 25.1 Å². The van der Waals surface area contributed by atoms with Crippen LogP contribution in [0.5, 0.6) is 5.75 Å². The van der Waals surface area contributed by atoms with Crippen LogP contribution in [0.2, 0.25) is 0 Å². The van der Waals surface area contributed by atoms with E-state index in [4.69, 9.17) is 10.5 Å². The zero-order chi connectivity index (χ0) is 26.3. The lowest BCUT2D eigenvalue weighted by Gasteiger charge is -2.27. The van der Waals surface area contributed by atoms with E-state index in [-0.39, 0.29) is 12.2 Å². The van der Waals surface area contributed by atoms with Gasteiger partial charge in [0, 0.05) is 18.1 Å². The molecule has 7 nitrogen and oxygen atoms in total. The molecule has 36 heavy (non-hydrogen) atoms. The topological polar surface area (TPSA) is 103 Å². The summed E-state index contributed by atoms with van der Waals surface area (Å²) in [5.41, 5.74) is 5.87. The highest BCUT2D eigenvalue weighted by molar-refractivity contribution is 6.01. The Hall–Kier alpha value is -3.92. The molecule has 0 aliphatic heterocycles. The fraction of sp³-hybridized carbons (Fsp3) is 0.269. The standard InChI is InChI=1S/C26H25F3N4O3/c1-4-25(35,26(27,28)29)23-13-33(14-31-23)12-16-5-7-18-19(11-21(24(30)34)32-20(18)10-16)17-6-8-22(36-3)15(2)9-17/h5-11,13-14,35H,4,12H2,1-3H3,(H2,30,34). The fourth-order valence-electron chi connectivity index (χ4n) is 4.18. The number of methoxy groups -OCH3 is 1. The molecule has 3 N–H and O–H groups in total. The Bertz CT molecular complexity index is 1450. The summed E-state index contributed by atoms with van der Waals surface area (Å²) in [6, 6.07) is 12.7. The number of ether oxygens (including phenoxy) is 1. The van der Waals surface area contributed by atoms with E-state index < -0.39 is 29.8 Å². The maximum Gasteiger partial charge on any atom is 0.423 e. The number of benzene rings is 2. The minimum absolute atomic E-state index is 0.0891. The van der Waals surface area contributed by atoms with Crippen molar-refractivity contribution >= 4 is 16.8 Å². The number of rotatable bonds is 7. The third-order valence-corrected chi connectivity index (χ3v) is 6.24. The lowest BCUT2D eigenvalue weighted by Crippen LogP contribution is -2.42. The van der Waals surface area contributed by atoms with Crippen LogP contribution < -0.4 is 10.5 Å². The van der Waals surface area contributed by atoms with Gasteiger partial charge in [0.15, 0.2) is 0 Å². The minimum atomic E-state index is -4.85. The zero-order valence-electron chi connectivity index (χ0n) is 19.9. The highest BCUT2D eigenvalue weighted by Gasteiger charge is 2.55. The number of amides is 1. The maximum atomic E-state index is 13.4. The van der Waals surface area contributed by atoms with Gasteiger partial charge in [0.1, 0.15) is 11.4 Å². The Kier molecular flexibility index (Phi) is 6.48. The molecule has 2 aromatic carbocycles. The van der Waals surface area contributed by atoms with Crippen molar-refractivity contribution in [2.45, 2.75) is 38.6 Å². The van der Waals surface area contributed by atoms with E-state index in [1.54, 1.807) is 19.2 Å². The first-order valence-corrected chi connectivity index (χ1v) is 11.2. The first-order chi connectivity index (χ1) is 17.0. The number of alkyl halides is 3. The molecule has 1 unspecified atom stereocenters. The van der Waals surface area contributed by atoms with Crippen molar-refractivity contribution in [3.8, 4) is 16.9 Å². The van der Waals surface area contributed by atoms with Gasteiger partial charge >= 0.3 is 6.18 Å². The van der Waals surface area contributed by atoms with Crippen LogP contribution in [0.4, 0.5) is 13.2 Å². The van der Waals surface area contributed by atoms with Gasteiger partial charge in [0.25, 0.3) is 5.91 Å². The van der Waals surface area contributed by atoms with Gasteiger partial charge in [-0.15, -0.1) is 0 Å². The number of nitrogens with zero attached hydrogens (tertiary/aromatic N) is 3. The lowest BCUT2D eigenvalue weighted by molar-refractivity contribution is -0.269. The summed E-state index contributed by atoms with van der Waals surface area (Å²) in [6.45, 7) is 3.34. The van der Waals surface area contributed by atoms with Crippen molar-refractivity contribution in [2.75, 3.05) is 7.11 Å². The molecular weight excluding hydrogens is 473 g/mol. The van der Waals surface area contributed by atoms with E-state index in [0.717, 1.165) is 27.8 Å². The van der Waals surface area contributed by atoms with Crippen LogP contribution in [-0.2, 0) is 12.1 Å². The number of primary amides is 1. The van der Waals surface area contributed by atoms with Gasteiger partial charge in [0.2, 0.25) is 5.60 Å². The molecule has 0 saturated carbocycles. The summed E-state index contributed by atoms with van der Waals surface area (Å²) >= 11 is 0. The molecule has 1 amide bonds. The quantitative estimate of drug-likeness (QED) is 0.384. The van der Waals surface area contributed by atoms with E-state index in [2.05, 4.69) is 9.97 Å². The van der Waals surface area contributed by atoms with Crippen molar-refractivity contribution in [1.82, 2.24) is 14.5 Å². The number of nitrogens with two attached hydrogens (primary N) is 1. The van der Waals surface area contributed by atoms with Crippen LogP contribution >= 0.6 is 0 Å². The molecule has 0 aliphatic carbocycles. The van der Waals surface area contributed by atoms with Crippen LogP contribution in [0.25, 0.3) is 22.0 Å². The van der Waals surface area contributed by atoms with Crippen molar-refractivity contribution in [2.24, 2.45) is 5.73 Å². The van der Waals surface area contributed by atoms with Crippen molar-refractivity contribution in [1.29, 1.82) is 0 Å². The number of fused-ring (bicyclic) bond motifs is 1. The number of pyridine rings is 1. The SMILES string of the molecule is CCC(O)(c1cn(Cc2ccc3c(-c4ccc(OC)c(C)c4)cc(C(N)=O)nc3c2)cn1)C(F)(F)F. The normalized spacial score (nSPS) is 13.5. The van der Waals surface area contributed by atoms with E-state index >= 15 is 0 Å². The Morgan fingerprint density at radius 2 is 1.92 bits per heavy atom. The summed E-state index contributed by atoms with van der Waals surface area (Å²) in [6.07, 6.45) is -2.99. The first kappa shape index (κ1) is 25.2. The molecule has 0 aliphatic rings. The molecule has 2 aromatic heterocycles. The molecule has 10 heteroatoms. The van der Waals surface area contributed by atoms with E-state index in [0.29, 0.717) is 11.1 Å². The zero-order valence-corrected chi connectivity index (χ0v) is 19.9. The van der Waals surface area contributed by atoms with Crippen LogP contribution in [0.3, 0.4) is 0 Å². The number of aryl methyl sites for hydroxylation is 1. The highest BCUT2D eigenvalue weighted by Crippen LogP contribution is 2.40. The monoisotopic (exact) mass is 498 g/mol. The Morgan fingerprint density at radius 3 is 2.53 bits per heavy atom. The number of hydrogen-bond acceptors (Lipinski definition) is 5. The van der Waals surface area contributed by atoms with Crippen molar-refractivity contribution in [3.05, 3.63) is 77.5 Å². The molecule has 4 aromatic rings. The Labute approximate surface area is 205 Å². The molecule has 2 heterocycles. The molecule has 1 atom stereocenters. The van der Waals surface area contributed by atoms with Crippen molar-refractivity contribution in [3.63, 3.8) is 0 Å². The summed E-state index contributed by atoms with van der Waals surface area (Å²) < 4.78 is 47.0. The van der Waals surface area contributed by atoms with Gasteiger partial charge < -0.3 is 20.1 Å². The van der Waals surface area contributed by atoms with Crippen molar-refractivity contribution < 1.29 is 27.8 Å². The molecule has 4 rings (SSSR count). The van der Waals surface area contributed by atoms with Gasteiger partial charge in [-0.2, -0.15) is 13.2 Å². The lowest BCUT2D eigenvalue weighted by atomic mass is 9.96. The molecule has 0 radical (unpaired) electrons. The third-order valence-electron chi connectivity index (χ3n) is 6.24. The third kappa shape index (κ3) is 4.51. The Balaban J connectivity index is 1.74. The van der Waals surface area contributed by atoms with E-state index in [1.165, 1.54) is 24.0 Å². The second-order valence-electron chi connectivity index (χ2n) is 8.60. The molecular formula is C26H25F3N4O3. The number of aromatic nitrogens is 3. The Morgan fingerprint density at radius 1 is 1.17 bits per heavy atom. The average Bonchev–Trinajstić information content (AvgIpc) is 3.30. The van der Waals surface area contributed by atoms with Crippen LogP contribution in [0, 0.1) is 6.92 Å². The number of carbonyl (C=O) groups excluding carboxylic acids is 1. The van der Waals surface area contributed by atoms with Gasteiger partial charge in [-0.05, 0) is 59.9 Å². The summed E-state index contributed by atoms with van der Waals surface area (Å²) in [4.78, 5) is 20.2. The fourth-order valence-corrected chi connectivity index (χ4v) is 4.18. The summed E-state index contributed by atoms with van der Waals surface area (Å²) in [7, 11) is 1.59. The van der Waals surface area contributed by atoms with Crippen LogP contribution in [0.15, 0.2) is 55.0 Å². The smallest absolute Gasteiger partial charge is 0.423 e. The predicted molar refractivity (Wildman–Crippen MR) is 129 cm³/mol. The first-order valence-electron chi connectivity index (χ1n) is 11.2. The summed E-state index contributed by atoms with van der Waals surface area (Å²) in [5, 5.41) is 10.9. The molecule has 0 bridgehead atoms. The maximum absolute atomic E-state index is 13.4. The molecule has 0 spiro atoms. The molecule has 0 saturated heterocycles. The average molecular weight is 499 g/mol. The van der Waals surface area contributed by atoms with Crippen LogP contribution in [-0.4, -0.2) is 38.8 Å². The predicted octanol–water partition coefficient (Wildman–Crippen LogP) is 4.72. The van der Waals surface area contributed by atoms with Gasteiger partial charge in [-0.25, -0.2) is 9.97 Å². The number of imidazole rings is 1. The van der Waals surface area contributed by atoms with Crippen LogP contribution in [0.1, 0.15) is 40.7 Å². The largest absolute Gasteiger partial charge is 0.496 e. The number of aliphatic hydroxyl groups is 1. The van der Waals surface area contributed by atoms with E-state index in [9.17, 15) is 23.1 Å². The molecule has 188 valence electrons. The minimum Gasteiger partial charge on any atom is -0.496 e. The number of carbonyl (C=O) groups is 1. The van der Waals surface area contributed by atoms with Gasteiger partial charge in [-0.3, -0.25) is 4.79 Å². The molecule has 0 fully saturated rings.